The lowest BCUT2D eigenvalue weighted by molar-refractivity contribution is 0.137. The number of piperidine rings is 1. The zero-order chi connectivity index (χ0) is 28.1. The van der Waals surface area contributed by atoms with E-state index in [1.807, 2.05) is 24.3 Å². The van der Waals surface area contributed by atoms with Crippen LogP contribution in [0.2, 0.25) is 5.02 Å². The second kappa shape index (κ2) is 10.5. The highest BCUT2D eigenvalue weighted by Crippen LogP contribution is 2.41. The number of imidazole rings is 1. The maximum absolute atomic E-state index is 16.4. The van der Waals surface area contributed by atoms with E-state index in [1.165, 1.54) is 6.20 Å². The molecule has 0 unspecified atom stereocenters. The molecule has 11 heteroatoms. The van der Waals surface area contributed by atoms with Gasteiger partial charge in [0.05, 0.1) is 18.0 Å². The predicted octanol–water partition coefficient (Wildman–Crippen LogP) is 5.59. The summed E-state index contributed by atoms with van der Waals surface area (Å²) in [7, 11) is 0. The van der Waals surface area contributed by atoms with Crippen LogP contribution in [0.15, 0.2) is 55.0 Å². The lowest BCUT2D eigenvalue weighted by Gasteiger charge is -2.33. The first-order chi connectivity index (χ1) is 20.0. The number of aromatic nitrogens is 5. The van der Waals surface area contributed by atoms with E-state index < -0.39 is 12.5 Å². The second-order valence-electron chi connectivity index (χ2n) is 10.7. The van der Waals surface area contributed by atoms with Crippen molar-refractivity contribution in [3.63, 3.8) is 0 Å². The maximum Gasteiger partial charge on any atom is 0.319 e. The third-order valence-electron chi connectivity index (χ3n) is 8.23. The Balaban J connectivity index is 1.32. The average molecular weight is 577 g/mol. The summed E-state index contributed by atoms with van der Waals surface area (Å²) in [5, 5.41) is 13.0. The van der Waals surface area contributed by atoms with Crippen molar-refractivity contribution in [1.29, 1.82) is 0 Å². The van der Waals surface area contributed by atoms with Crippen molar-refractivity contribution >= 4 is 39.1 Å². The molecule has 210 valence electrons. The molecule has 3 aromatic heterocycles. The van der Waals surface area contributed by atoms with Gasteiger partial charge in [-0.15, -0.1) is 0 Å². The predicted molar refractivity (Wildman–Crippen MR) is 152 cm³/mol. The summed E-state index contributed by atoms with van der Waals surface area (Å²) in [5.41, 5.74) is 0.782. The number of rotatable bonds is 7. The Bertz CT molecular complexity index is 1760. The second-order valence-corrected chi connectivity index (χ2v) is 11.2. The first-order valence-electron chi connectivity index (χ1n) is 13.7. The van der Waals surface area contributed by atoms with Gasteiger partial charge in [0.25, 0.3) is 0 Å². The van der Waals surface area contributed by atoms with Crippen LogP contribution in [-0.2, 0) is 13.2 Å². The van der Waals surface area contributed by atoms with E-state index in [4.69, 9.17) is 21.3 Å². The topological polar surface area (TPSA) is 89.2 Å². The smallest absolute Gasteiger partial charge is 0.319 e. The molecule has 2 aliphatic rings. The zero-order valence-electron chi connectivity index (χ0n) is 22.1. The number of benzene rings is 2. The number of fused-ring (bicyclic) bond motifs is 4. The summed E-state index contributed by atoms with van der Waals surface area (Å²) in [6, 6.07) is 11.1. The van der Waals surface area contributed by atoms with E-state index >= 15 is 4.39 Å². The minimum absolute atomic E-state index is 0.0138. The number of hydrogen-bond acceptors (Lipinski definition) is 7. The first-order valence-corrected chi connectivity index (χ1v) is 14.0. The third kappa shape index (κ3) is 4.64. The van der Waals surface area contributed by atoms with Gasteiger partial charge in [-0.2, -0.15) is 9.97 Å². The molecule has 2 bridgehead atoms. The molecule has 7 rings (SSSR count). The van der Waals surface area contributed by atoms with Crippen LogP contribution in [0.3, 0.4) is 0 Å². The number of nitrogens with zero attached hydrogens (tertiary/aromatic N) is 6. The summed E-state index contributed by atoms with van der Waals surface area (Å²) < 4.78 is 37.2. The molecule has 1 saturated carbocycles. The van der Waals surface area contributed by atoms with Gasteiger partial charge in [-0.1, -0.05) is 41.9 Å². The van der Waals surface area contributed by atoms with Crippen LogP contribution in [0.25, 0.3) is 32.9 Å². The van der Waals surface area contributed by atoms with E-state index in [9.17, 15) is 9.50 Å². The minimum Gasteiger partial charge on any atom is -0.461 e. The maximum atomic E-state index is 16.4. The lowest BCUT2D eigenvalue weighted by Crippen LogP contribution is -2.38. The van der Waals surface area contributed by atoms with E-state index in [0.29, 0.717) is 58.6 Å². The highest BCUT2D eigenvalue weighted by atomic mass is 35.5. The molecule has 3 atom stereocenters. The largest absolute Gasteiger partial charge is 0.461 e. The molecule has 8 nitrogen and oxygen atoms in total. The van der Waals surface area contributed by atoms with Crippen LogP contribution in [0, 0.1) is 17.7 Å². The van der Waals surface area contributed by atoms with Gasteiger partial charge in [-0.3, -0.25) is 4.98 Å². The number of alkyl halides is 1. The van der Waals surface area contributed by atoms with Crippen molar-refractivity contribution < 1.29 is 18.6 Å². The fourth-order valence-electron chi connectivity index (χ4n) is 6.32. The van der Waals surface area contributed by atoms with Crippen molar-refractivity contribution in [3.05, 3.63) is 71.7 Å². The number of ether oxygens (including phenoxy) is 1. The molecule has 1 aliphatic carbocycles. The zero-order valence-corrected chi connectivity index (χ0v) is 22.8. The Hall–Kier alpha value is -3.89. The Morgan fingerprint density at radius 2 is 1.93 bits per heavy atom. The Kier molecular flexibility index (Phi) is 6.67. The number of aliphatic hydroxyl groups excluding tert-OH is 1. The first kappa shape index (κ1) is 26.0. The van der Waals surface area contributed by atoms with E-state index in [-0.39, 0.29) is 35.8 Å². The third-order valence-corrected chi connectivity index (χ3v) is 8.54. The van der Waals surface area contributed by atoms with Gasteiger partial charge >= 0.3 is 6.01 Å². The van der Waals surface area contributed by atoms with Crippen molar-refractivity contribution in [3.8, 4) is 17.3 Å². The van der Waals surface area contributed by atoms with Crippen molar-refractivity contribution in [2.45, 2.75) is 32.2 Å². The van der Waals surface area contributed by atoms with Crippen LogP contribution < -0.4 is 9.64 Å². The standard InChI is InChI=1S/C30H27ClF2N6O2/c31-22-6-2-4-18-3-1-5-20(25(18)22)27-26(33)28-21(14-35-27)29(39-15-17-11-19(16-39)23(40)12-17)37-30(36-28)41-10-9-38-8-7-34-24(38)13-32/h1-8,14,17,19,23,40H,9-13,15-16H2/t17-,19-,23-/m1/s1. The number of pyridine rings is 1. The Morgan fingerprint density at radius 3 is 2.76 bits per heavy atom. The lowest BCUT2D eigenvalue weighted by atomic mass is 9.98. The molecule has 1 saturated heterocycles. The Labute approximate surface area is 239 Å². The number of aliphatic hydroxyl groups is 1. The van der Waals surface area contributed by atoms with Crippen molar-refractivity contribution in [1.82, 2.24) is 24.5 Å². The van der Waals surface area contributed by atoms with Crippen LogP contribution in [0.4, 0.5) is 14.6 Å². The van der Waals surface area contributed by atoms with Gasteiger partial charge in [0.1, 0.15) is 36.1 Å². The summed E-state index contributed by atoms with van der Waals surface area (Å²) in [6.45, 7) is 1.06. The van der Waals surface area contributed by atoms with Crippen LogP contribution in [-0.4, -0.2) is 55.4 Å². The number of anilines is 1. The highest BCUT2D eigenvalue weighted by molar-refractivity contribution is 6.36. The van der Waals surface area contributed by atoms with E-state index in [2.05, 4.69) is 19.9 Å². The van der Waals surface area contributed by atoms with Gasteiger partial charge in [0.2, 0.25) is 0 Å². The molecule has 2 fully saturated rings. The van der Waals surface area contributed by atoms with Crippen molar-refractivity contribution in [2.75, 3.05) is 24.6 Å². The van der Waals surface area contributed by atoms with Gasteiger partial charge in [-0.25, -0.2) is 13.8 Å². The summed E-state index contributed by atoms with van der Waals surface area (Å²) in [6.07, 6.45) is 6.16. The quantitative estimate of drug-likeness (QED) is 0.270. The number of halogens is 3. The van der Waals surface area contributed by atoms with Gasteiger partial charge < -0.3 is 19.3 Å². The Morgan fingerprint density at radius 1 is 1.07 bits per heavy atom. The monoisotopic (exact) mass is 576 g/mol. The number of hydrogen-bond donors (Lipinski definition) is 1. The molecule has 0 spiro atoms. The van der Waals surface area contributed by atoms with Gasteiger partial charge in [0.15, 0.2) is 5.82 Å². The molecule has 1 N–H and O–H groups in total. The molecule has 5 aromatic rings. The molecule has 0 amide bonds. The van der Waals surface area contributed by atoms with Crippen LogP contribution >= 0.6 is 11.6 Å². The van der Waals surface area contributed by atoms with E-state index in [0.717, 1.165) is 18.2 Å². The van der Waals surface area contributed by atoms with Crippen LogP contribution in [0.1, 0.15) is 18.7 Å². The highest BCUT2D eigenvalue weighted by Gasteiger charge is 2.40. The van der Waals surface area contributed by atoms with Crippen molar-refractivity contribution in [2.24, 2.45) is 11.8 Å². The summed E-state index contributed by atoms with van der Waals surface area (Å²) >= 11 is 6.55. The molecular formula is C30H27ClF2N6O2. The molecule has 4 heterocycles. The van der Waals surface area contributed by atoms with Gasteiger partial charge in [0, 0.05) is 53.6 Å². The normalized spacial score (nSPS) is 20.3. The molecular weight excluding hydrogens is 550 g/mol. The molecule has 2 aromatic carbocycles. The SMILES string of the molecule is O[C@@H]1C[C@H]2C[C@@H]1CN(c1nc(OCCn3ccnc3CF)nc3c(F)c(-c4cccc5cccc(Cl)c45)ncc13)C2. The average Bonchev–Trinajstić information content (AvgIpc) is 3.54. The van der Waals surface area contributed by atoms with Gasteiger partial charge in [-0.05, 0) is 30.2 Å². The summed E-state index contributed by atoms with van der Waals surface area (Å²) in [4.78, 5) is 19.8. The molecule has 0 radical (unpaired) electrons. The van der Waals surface area contributed by atoms with E-state index in [1.54, 1.807) is 29.1 Å². The van der Waals surface area contributed by atoms with Crippen LogP contribution in [0.5, 0.6) is 6.01 Å². The fourth-order valence-corrected chi connectivity index (χ4v) is 6.60. The summed E-state index contributed by atoms with van der Waals surface area (Å²) in [5.74, 6) is 0.672. The molecule has 41 heavy (non-hydrogen) atoms. The minimum atomic E-state index is -0.689. The fraction of sp³-hybridized carbons (Fsp3) is 0.333. The molecule has 1 aliphatic heterocycles.